The molecule has 0 aliphatic carbocycles. The van der Waals surface area contributed by atoms with Gasteiger partial charge in [-0.15, -0.1) is 0 Å². The van der Waals surface area contributed by atoms with E-state index in [0.717, 1.165) is 0 Å². The molecule has 1 atom stereocenters. The molecule has 72 valence electrons. The fourth-order valence-corrected chi connectivity index (χ4v) is 1.12. The number of carbonyl (C=O) groups excluding carboxylic acids is 1. The maximum absolute atomic E-state index is 11.3. The highest BCUT2D eigenvalue weighted by Crippen LogP contribution is 2.18. The predicted molar refractivity (Wildman–Crippen MR) is 52.4 cm³/mol. The molecule has 0 saturated heterocycles. The third-order valence-corrected chi connectivity index (χ3v) is 1.75. The molecule has 1 rings (SSSR count). The molecular formula is C11H11NO2. The van der Waals surface area contributed by atoms with E-state index in [2.05, 4.69) is 4.85 Å². The van der Waals surface area contributed by atoms with Crippen molar-refractivity contribution in [2.75, 3.05) is 6.61 Å². The molecule has 0 aliphatic rings. The summed E-state index contributed by atoms with van der Waals surface area (Å²) in [4.78, 5) is 14.6. The Labute approximate surface area is 83.1 Å². The second-order valence-corrected chi connectivity index (χ2v) is 2.69. The first-order valence-corrected chi connectivity index (χ1v) is 4.37. The fraction of sp³-hybridized carbons (Fsp3) is 0.273. The van der Waals surface area contributed by atoms with Gasteiger partial charge in [-0.3, -0.25) is 4.85 Å². The first kappa shape index (κ1) is 10.3. The van der Waals surface area contributed by atoms with E-state index in [1.54, 1.807) is 31.2 Å². The second-order valence-electron chi connectivity index (χ2n) is 2.69. The van der Waals surface area contributed by atoms with Gasteiger partial charge in [-0.25, -0.2) is 11.4 Å². The van der Waals surface area contributed by atoms with Crippen LogP contribution in [0.5, 0.6) is 0 Å². The molecule has 3 nitrogen and oxygen atoms in total. The highest BCUT2D eigenvalue weighted by molar-refractivity contribution is 5.79. The maximum Gasteiger partial charge on any atom is 0.395 e. The Balaban J connectivity index is 2.84. The van der Waals surface area contributed by atoms with Crippen LogP contribution in [0.4, 0.5) is 0 Å². The molecule has 0 radical (unpaired) electrons. The van der Waals surface area contributed by atoms with Crippen LogP contribution in [0.15, 0.2) is 30.3 Å². The monoisotopic (exact) mass is 189 g/mol. The number of nitrogens with zero attached hydrogens (tertiary/aromatic N) is 1. The standard InChI is InChI=1S/C11H11NO2/c1-3-14-11(13)10(12-2)9-7-5-4-6-8-9/h4-8,10H,3H2,1H3. The number of rotatable bonds is 3. The minimum absolute atomic E-state index is 0.303. The predicted octanol–water partition coefficient (Wildman–Crippen LogP) is 2.21. The van der Waals surface area contributed by atoms with Gasteiger partial charge in [0.1, 0.15) is 0 Å². The van der Waals surface area contributed by atoms with E-state index in [0.29, 0.717) is 12.2 Å². The van der Waals surface area contributed by atoms with Crippen molar-refractivity contribution < 1.29 is 9.53 Å². The molecule has 0 heterocycles. The van der Waals surface area contributed by atoms with Crippen LogP contribution in [-0.2, 0) is 9.53 Å². The van der Waals surface area contributed by atoms with Crippen LogP contribution in [0.2, 0.25) is 0 Å². The zero-order valence-electron chi connectivity index (χ0n) is 7.93. The lowest BCUT2D eigenvalue weighted by molar-refractivity contribution is -0.143. The third kappa shape index (κ3) is 2.33. The van der Waals surface area contributed by atoms with E-state index < -0.39 is 12.0 Å². The number of hydrogen-bond acceptors (Lipinski definition) is 2. The zero-order valence-corrected chi connectivity index (χ0v) is 7.93. The van der Waals surface area contributed by atoms with E-state index in [1.165, 1.54) is 0 Å². The fourth-order valence-electron chi connectivity index (χ4n) is 1.12. The number of benzene rings is 1. The summed E-state index contributed by atoms with van der Waals surface area (Å²) in [6.45, 7) is 8.96. The van der Waals surface area contributed by atoms with E-state index >= 15 is 0 Å². The Bertz CT molecular complexity index is 340. The Kier molecular flexibility index (Phi) is 3.69. The van der Waals surface area contributed by atoms with Gasteiger partial charge < -0.3 is 4.74 Å². The average molecular weight is 189 g/mol. The van der Waals surface area contributed by atoms with Crippen LogP contribution in [0.3, 0.4) is 0 Å². The van der Waals surface area contributed by atoms with Gasteiger partial charge >= 0.3 is 12.0 Å². The number of carbonyl (C=O) groups is 1. The van der Waals surface area contributed by atoms with E-state index in [4.69, 9.17) is 11.3 Å². The third-order valence-electron chi connectivity index (χ3n) is 1.75. The molecular weight excluding hydrogens is 178 g/mol. The van der Waals surface area contributed by atoms with Crippen molar-refractivity contribution in [2.45, 2.75) is 13.0 Å². The number of esters is 1. The van der Waals surface area contributed by atoms with E-state index in [1.807, 2.05) is 6.07 Å². The summed E-state index contributed by atoms with van der Waals surface area (Å²) in [5, 5.41) is 0. The largest absolute Gasteiger partial charge is 0.460 e. The van der Waals surface area contributed by atoms with Crippen LogP contribution in [0.25, 0.3) is 4.85 Å². The summed E-state index contributed by atoms with van der Waals surface area (Å²) in [5.41, 5.74) is 0.681. The highest BCUT2D eigenvalue weighted by atomic mass is 16.5. The SMILES string of the molecule is [C-]#[N+]C(C(=O)OCC)c1ccccc1. The number of hydrogen-bond donors (Lipinski definition) is 0. The van der Waals surface area contributed by atoms with Crippen molar-refractivity contribution in [1.29, 1.82) is 0 Å². The minimum Gasteiger partial charge on any atom is -0.460 e. The molecule has 1 aromatic carbocycles. The molecule has 1 unspecified atom stereocenters. The Morgan fingerprint density at radius 1 is 1.50 bits per heavy atom. The maximum atomic E-state index is 11.3. The lowest BCUT2D eigenvalue weighted by Gasteiger charge is -2.04. The molecule has 0 aromatic heterocycles. The molecule has 1 aromatic rings. The molecule has 0 fully saturated rings. The molecule has 0 amide bonds. The second kappa shape index (κ2) is 5.03. The van der Waals surface area contributed by atoms with Gasteiger partial charge in [0.2, 0.25) is 0 Å². The summed E-state index contributed by atoms with van der Waals surface area (Å²) >= 11 is 0. The summed E-state index contributed by atoms with van der Waals surface area (Å²) in [7, 11) is 0. The Hall–Kier alpha value is -1.82. The molecule has 0 spiro atoms. The molecule has 3 heteroatoms. The molecule has 0 aliphatic heterocycles. The summed E-state index contributed by atoms with van der Waals surface area (Å²) in [6.07, 6.45) is 0. The Morgan fingerprint density at radius 3 is 2.64 bits per heavy atom. The summed E-state index contributed by atoms with van der Waals surface area (Å²) in [5.74, 6) is -0.478. The normalized spacial score (nSPS) is 11.4. The molecule has 0 bridgehead atoms. The zero-order chi connectivity index (χ0) is 10.4. The van der Waals surface area contributed by atoms with Gasteiger partial charge in [0.15, 0.2) is 0 Å². The van der Waals surface area contributed by atoms with Crippen molar-refractivity contribution in [1.82, 2.24) is 0 Å². The van der Waals surface area contributed by atoms with Crippen molar-refractivity contribution in [3.05, 3.63) is 47.3 Å². The Morgan fingerprint density at radius 2 is 2.14 bits per heavy atom. The first-order valence-electron chi connectivity index (χ1n) is 4.37. The van der Waals surface area contributed by atoms with Crippen LogP contribution >= 0.6 is 0 Å². The lowest BCUT2D eigenvalue weighted by atomic mass is 10.1. The van der Waals surface area contributed by atoms with Gasteiger partial charge in [0.05, 0.1) is 6.61 Å². The van der Waals surface area contributed by atoms with E-state index in [-0.39, 0.29) is 0 Å². The van der Waals surface area contributed by atoms with Crippen molar-refractivity contribution in [2.24, 2.45) is 0 Å². The quantitative estimate of drug-likeness (QED) is 0.539. The van der Waals surface area contributed by atoms with Gasteiger partial charge in [0, 0.05) is 5.56 Å². The first-order chi connectivity index (χ1) is 6.79. The van der Waals surface area contributed by atoms with Crippen molar-refractivity contribution >= 4 is 5.97 Å². The molecule has 14 heavy (non-hydrogen) atoms. The van der Waals surface area contributed by atoms with Gasteiger partial charge in [-0.2, -0.15) is 0 Å². The van der Waals surface area contributed by atoms with E-state index in [9.17, 15) is 4.79 Å². The van der Waals surface area contributed by atoms with Crippen LogP contribution in [-0.4, -0.2) is 12.6 Å². The molecule has 0 saturated carbocycles. The van der Waals surface area contributed by atoms with Gasteiger partial charge in [0.25, 0.3) is 0 Å². The molecule has 0 N–H and O–H groups in total. The summed E-state index contributed by atoms with van der Waals surface area (Å²) < 4.78 is 4.80. The summed E-state index contributed by atoms with van der Waals surface area (Å²) in [6, 6.07) is 8.12. The smallest absolute Gasteiger partial charge is 0.395 e. The van der Waals surface area contributed by atoms with Crippen LogP contribution < -0.4 is 0 Å². The van der Waals surface area contributed by atoms with Crippen molar-refractivity contribution in [3.63, 3.8) is 0 Å². The van der Waals surface area contributed by atoms with Crippen LogP contribution in [0, 0.1) is 6.57 Å². The number of ether oxygens (including phenoxy) is 1. The van der Waals surface area contributed by atoms with Gasteiger partial charge in [-0.1, -0.05) is 30.3 Å². The minimum atomic E-state index is -0.823. The topological polar surface area (TPSA) is 30.7 Å². The highest BCUT2D eigenvalue weighted by Gasteiger charge is 2.26. The van der Waals surface area contributed by atoms with Crippen LogP contribution in [0.1, 0.15) is 18.5 Å². The van der Waals surface area contributed by atoms with Gasteiger partial charge in [-0.05, 0) is 6.92 Å². The average Bonchev–Trinajstić information content (AvgIpc) is 2.21. The lowest BCUT2D eigenvalue weighted by Crippen LogP contribution is -2.12. The van der Waals surface area contributed by atoms with Crippen molar-refractivity contribution in [3.8, 4) is 0 Å².